The zero-order valence-electron chi connectivity index (χ0n) is 37.3. The van der Waals surface area contributed by atoms with Crippen molar-refractivity contribution in [3.63, 3.8) is 0 Å². The molecule has 0 aliphatic carbocycles. The van der Waals surface area contributed by atoms with Gasteiger partial charge in [0.05, 0.1) is 18.2 Å². The zero-order valence-corrected chi connectivity index (χ0v) is 37.3. The topological polar surface area (TPSA) is 234 Å². The Morgan fingerprint density at radius 2 is 1.59 bits per heavy atom. The number of likely N-dealkylation sites (N-methyl/N-ethyl adjacent to an activating group) is 1. The second-order valence-electron chi connectivity index (χ2n) is 17.2. The third-order valence-electron chi connectivity index (χ3n) is 10.8. The van der Waals surface area contributed by atoms with Crippen molar-refractivity contribution in [2.24, 2.45) is 28.4 Å². The third-order valence-corrected chi connectivity index (χ3v) is 10.8. The first kappa shape index (κ1) is 47.9. The average molecular weight is 868 g/mol. The van der Waals surface area contributed by atoms with Crippen LogP contribution in [0.1, 0.15) is 92.0 Å². The van der Waals surface area contributed by atoms with Crippen molar-refractivity contribution in [1.29, 1.82) is 0 Å². The number of carbonyl (C=O) groups excluding carboxylic acids is 6. The SMILES string of the molecule is Cc1ccc(C(=O)C[C@@H](CCNC(=O)OC(C)(C)C)C(=O)N(C)[C@@H]2C(=O)C[C@@H](C)C(=O)N[C@H](C3=NNC(=O)C3)Cc3ccc(OCCN)c(c3)-c3cc2ccc3OCCN)c(C)c1. The van der Waals surface area contributed by atoms with Crippen molar-refractivity contribution in [3.05, 3.63) is 82.4 Å². The highest BCUT2D eigenvalue weighted by Crippen LogP contribution is 2.41. The van der Waals surface area contributed by atoms with E-state index in [-0.39, 0.29) is 76.6 Å². The predicted octanol–water partition coefficient (Wildman–Crippen LogP) is 4.46. The molecule has 16 heteroatoms. The lowest BCUT2D eigenvalue weighted by molar-refractivity contribution is -0.142. The van der Waals surface area contributed by atoms with Crippen molar-refractivity contribution in [2.45, 2.75) is 91.3 Å². The van der Waals surface area contributed by atoms with Gasteiger partial charge >= 0.3 is 6.09 Å². The van der Waals surface area contributed by atoms with Crippen molar-refractivity contribution in [2.75, 3.05) is 39.9 Å². The summed E-state index contributed by atoms with van der Waals surface area (Å²) in [5.41, 5.74) is 18.4. The summed E-state index contributed by atoms with van der Waals surface area (Å²) in [7, 11) is 1.50. The molecular formula is C47H61N7O9. The van der Waals surface area contributed by atoms with Gasteiger partial charge in [-0.3, -0.25) is 24.0 Å². The van der Waals surface area contributed by atoms with Crippen LogP contribution in [0.2, 0.25) is 0 Å². The first-order chi connectivity index (χ1) is 29.9. The standard InChI is InChI=1S/C47H61N7O9/c1-27-8-11-33(28(2)20-27)38(55)25-32(14-17-50-46(60)63-47(4,5)6)45(59)54(7)43-31-10-13-41(62-19-16-49)35(24-31)34-22-30(9-12-40(34)61-18-15-48)23-36(37-26-42(57)53-52-37)51-44(58)29(3)21-39(43)56/h8-13,20,22,24,29,32,36,43H,14-19,21,23,25-26,48-49H2,1-7H3,(H,50,60)(H,51,58)(H,53,57)/t29-,32-,36+,43+/m1/s1. The Hall–Kier alpha value is -6.13. The van der Waals surface area contributed by atoms with Gasteiger partial charge in [-0.1, -0.05) is 42.8 Å². The third kappa shape index (κ3) is 12.7. The first-order valence-corrected chi connectivity index (χ1v) is 21.3. The Balaban J connectivity index is 1.62. The molecule has 0 saturated heterocycles. The average Bonchev–Trinajstić information content (AvgIpc) is 3.66. The molecule has 16 nitrogen and oxygen atoms in total. The molecule has 7 N–H and O–H groups in total. The maximum atomic E-state index is 14.9. The van der Waals surface area contributed by atoms with Crippen LogP contribution in [0.25, 0.3) is 11.1 Å². The number of carbonyl (C=O) groups is 6. The molecule has 63 heavy (non-hydrogen) atoms. The Labute approximate surface area is 368 Å². The molecule has 4 amide bonds. The number of nitrogens with one attached hydrogen (secondary N) is 3. The van der Waals surface area contributed by atoms with Crippen molar-refractivity contribution in [1.82, 2.24) is 21.0 Å². The number of hydrogen-bond donors (Lipinski definition) is 5. The van der Waals surface area contributed by atoms with Gasteiger partial charge in [0.25, 0.3) is 0 Å². The Kier molecular flexibility index (Phi) is 16.2. The molecule has 0 aromatic heterocycles. The lowest BCUT2D eigenvalue weighted by Crippen LogP contribution is -2.45. The fourth-order valence-electron chi connectivity index (χ4n) is 7.80. The predicted molar refractivity (Wildman–Crippen MR) is 238 cm³/mol. The molecule has 2 aliphatic heterocycles. The van der Waals surface area contributed by atoms with E-state index in [1.165, 1.54) is 11.9 Å². The van der Waals surface area contributed by atoms with Gasteiger partial charge in [0.2, 0.25) is 17.7 Å². The maximum Gasteiger partial charge on any atom is 0.407 e. The summed E-state index contributed by atoms with van der Waals surface area (Å²) in [5.74, 6) is -2.95. The number of alkyl carbamates (subject to hydrolysis) is 1. The minimum absolute atomic E-state index is 0.00194. The van der Waals surface area contributed by atoms with E-state index in [2.05, 4.69) is 21.2 Å². The molecule has 2 heterocycles. The van der Waals surface area contributed by atoms with Gasteiger partial charge in [0.15, 0.2) is 11.6 Å². The lowest BCUT2D eigenvalue weighted by Gasteiger charge is -2.32. The van der Waals surface area contributed by atoms with Crippen molar-refractivity contribution < 1.29 is 43.0 Å². The van der Waals surface area contributed by atoms with Gasteiger partial charge in [0.1, 0.15) is 36.4 Å². The number of amides is 4. The smallest absolute Gasteiger partial charge is 0.407 e. The molecular weight excluding hydrogens is 807 g/mol. The zero-order chi connectivity index (χ0) is 46.0. The quantitative estimate of drug-likeness (QED) is 0.134. The molecule has 3 aromatic rings. The molecule has 3 aromatic carbocycles. The summed E-state index contributed by atoms with van der Waals surface area (Å²) in [6.07, 6.45) is -0.867. The van der Waals surface area contributed by atoms with E-state index in [0.29, 0.717) is 39.5 Å². The van der Waals surface area contributed by atoms with Crippen LogP contribution in [0.4, 0.5) is 4.79 Å². The fourth-order valence-corrected chi connectivity index (χ4v) is 7.80. The molecule has 2 aliphatic rings. The number of aryl methyl sites for hydroxylation is 2. The Bertz CT molecular complexity index is 2230. The number of hydrogen-bond acceptors (Lipinski definition) is 12. The van der Waals surface area contributed by atoms with Crippen LogP contribution in [-0.2, 0) is 30.3 Å². The number of hydrazone groups is 1. The number of fused-ring (bicyclic) bond motifs is 5. The number of nitrogens with two attached hydrogens (primary N) is 2. The highest BCUT2D eigenvalue weighted by Gasteiger charge is 2.37. The van der Waals surface area contributed by atoms with E-state index in [1.54, 1.807) is 58.0 Å². The molecule has 4 bridgehead atoms. The molecule has 0 saturated carbocycles. The van der Waals surface area contributed by atoms with E-state index in [1.807, 2.05) is 38.1 Å². The van der Waals surface area contributed by atoms with Gasteiger partial charge in [-0.2, -0.15) is 5.10 Å². The largest absolute Gasteiger partial charge is 0.492 e. The van der Waals surface area contributed by atoms with Crippen LogP contribution in [0.5, 0.6) is 11.5 Å². The summed E-state index contributed by atoms with van der Waals surface area (Å²) < 4.78 is 17.7. The number of ether oxygens (including phenoxy) is 3. The monoisotopic (exact) mass is 867 g/mol. The van der Waals surface area contributed by atoms with E-state index in [9.17, 15) is 28.8 Å². The summed E-state index contributed by atoms with van der Waals surface area (Å²) in [5, 5.41) is 9.94. The van der Waals surface area contributed by atoms with Gasteiger partial charge in [-0.25, -0.2) is 10.2 Å². The second-order valence-corrected chi connectivity index (χ2v) is 17.2. The highest BCUT2D eigenvalue weighted by molar-refractivity contribution is 6.08. The molecule has 338 valence electrons. The van der Waals surface area contributed by atoms with Gasteiger partial charge < -0.3 is 41.2 Å². The van der Waals surface area contributed by atoms with Crippen molar-refractivity contribution in [3.8, 4) is 22.6 Å². The minimum Gasteiger partial charge on any atom is -0.492 e. The number of nitrogens with zero attached hydrogens (tertiary/aromatic N) is 2. The molecule has 0 unspecified atom stereocenters. The van der Waals surface area contributed by atoms with Gasteiger partial charge in [0, 0.05) is 68.0 Å². The summed E-state index contributed by atoms with van der Waals surface area (Å²) >= 11 is 0. The van der Waals surface area contributed by atoms with Gasteiger partial charge in [-0.05, 0) is 88.4 Å². The summed E-state index contributed by atoms with van der Waals surface area (Å²) in [6, 6.07) is 14.2. The van der Waals surface area contributed by atoms with Crippen LogP contribution >= 0.6 is 0 Å². The van der Waals surface area contributed by atoms with Crippen molar-refractivity contribution >= 4 is 41.1 Å². The van der Waals surface area contributed by atoms with Crippen LogP contribution < -0.4 is 37.0 Å². The minimum atomic E-state index is -1.25. The number of rotatable bonds is 15. The highest BCUT2D eigenvalue weighted by atomic mass is 16.6. The molecule has 5 rings (SSSR count). The van der Waals surface area contributed by atoms with E-state index < -0.39 is 53.2 Å². The lowest BCUT2D eigenvalue weighted by atomic mass is 9.88. The van der Waals surface area contributed by atoms with Gasteiger partial charge in [-0.15, -0.1) is 0 Å². The number of Topliss-reactive ketones (excluding diaryl/α,β-unsaturated/α-hetero) is 2. The first-order valence-electron chi connectivity index (χ1n) is 21.3. The fraction of sp³-hybridized carbons (Fsp3) is 0.468. The summed E-state index contributed by atoms with van der Waals surface area (Å²) in [6.45, 7) is 11.4. The number of ketones is 2. The van der Waals surface area contributed by atoms with Crippen LogP contribution in [-0.4, -0.2) is 97.5 Å². The van der Waals surface area contributed by atoms with E-state index in [0.717, 1.165) is 16.7 Å². The molecule has 0 radical (unpaired) electrons. The van der Waals surface area contributed by atoms with E-state index >= 15 is 0 Å². The maximum absolute atomic E-state index is 14.9. The molecule has 4 atom stereocenters. The number of benzene rings is 3. The molecule has 0 fully saturated rings. The summed E-state index contributed by atoms with van der Waals surface area (Å²) in [4.78, 5) is 83.9. The normalized spacial score (nSPS) is 18.3. The van der Waals surface area contributed by atoms with E-state index in [4.69, 9.17) is 25.7 Å². The Morgan fingerprint density at radius 1 is 0.921 bits per heavy atom. The van der Waals surface area contributed by atoms with Crippen LogP contribution in [0.15, 0.2) is 59.7 Å². The van der Waals surface area contributed by atoms with Crippen LogP contribution in [0.3, 0.4) is 0 Å². The molecule has 0 spiro atoms. The van der Waals surface area contributed by atoms with Crippen LogP contribution in [0, 0.1) is 25.7 Å². The second kappa shape index (κ2) is 21.3. The Morgan fingerprint density at radius 3 is 2.21 bits per heavy atom.